The van der Waals surface area contributed by atoms with Crippen molar-refractivity contribution < 1.29 is 0 Å². The SMILES string of the molecule is CCC1CCN(C(=N)C2CC2)C1. The van der Waals surface area contributed by atoms with Gasteiger partial charge in [-0.25, -0.2) is 0 Å². The highest BCUT2D eigenvalue weighted by atomic mass is 15.2. The van der Waals surface area contributed by atoms with Crippen LogP contribution in [0.2, 0.25) is 0 Å². The highest BCUT2D eigenvalue weighted by Gasteiger charge is 2.33. The van der Waals surface area contributed by atoms with Gasteiger partial charge in [-0.3, -0.25) is 5.41 Å². The smallest absolute Gasteiger partial charge is 0.0989 e. The Morgan fingerprint density at radius 2 is 2.17 bits per heavy atom. The van der Waals surface area contributed by atoms with Crippen molar-refractivity contribution in [3.63, 3.8) is 0 Å². The lowest BCUT2D eigenvalue weighted by Gasteiger charge is -2.18. The molecule has 68 valence electrons. The lowest BCUT2D eigenvalue weighted by molar-refractivity contribution is 0.459. The van der Waals surface area contributed by atoms with Gasteiger partial charge in [-0.2, -0.15) is 0 Å². The average molecular weight is 166 g/mol. The van der Waals surface area contributed by atoms with Crippen LogP contribution in [0.4, 0.5) is 0 Å². The summed E-state index contributed by atoms with van der Waals surface area (Å²) >= 11 is 0. The van der Waals surface area contributed by atoms with E-state index in [9.17, 15) is 0 Å². The van der Waals surface area contributed by atoms with Gasteiger partial charge in [0.15, 0.2) is 0 Å². The first-order valence-electron chi connectivity index (χ1n) is 5.14. The number of hydrogen-bond donors (Lipinski definition) is 1. The summed E-state index contributed by atoms with van der Waals surface area (Å²) in [5, 5.41) is 7.89. The number of amidine groups is 1. The number of rotatable bonds is 2. The first-order chi connectivity index (χ1) is 5.81. The molecule has 1 saturated carbocycles. The molecular formula is C10H18N2. The zero-order valence-electron chi connectivity index (χ0n) is 7.84. The molecule has 2 rings (SSSR count). The third-order valence-corrected chi connectivity index (χ3v) is 3.17. The summed E-state index contributed by atoms with van der Waals surface area (Å²) in [6, 6.07) is 0. The fourth-order valence-electron chi connectivity index (χ4n) is 2.00. The van der Waals surface area contributed by atoms with Gasteiger partial charge in [0.05, 0.1) is 5.84 Å². The molecule has 2 fully saturated rings. The Morgan fingerprint density at radius 1 is 1.42 bits per heavy atom. The molecule has 2 heteroatoms. The van der Waals surface area contributed by atoms with Crippen LogP contribution in [0.25, 0.3) is 0 Å². The first kappa shape index (κ1) is 8.09. The third kappa shape index (κ3) is 1.47. The number of nitrogens with zero attached hydrogens (tertiary/aromatic N) is 1. The van der Waals surface area contributed by atoms with E-state index >= 15 is 0 Å². The fourth-order valence-corrected chi connectivity index (χ4v) is 2.00. The van der Waals surface area contributed by atoms with E-state index in [0.29, 0.717) is 5.92 Å². The van der Waals surface area contributed by atoms with Gasteiger partial charge in [0.25, 0.3) is 0 Å². The molecule has 2 nitrogen and oxygen atoms in total. The summed E-state index contributed by atoms with van der Waals surface area (Å²) in [6.45, 7) is 4.56. The normalized spacial score (nSPS) is 29.4. The molecule has 0 bridgehead atoms. The van der Waals surface area contributed by atoms with Crippen LogP contribution in [0.5, 0.6) is 0 Å². The topological polar surface area (TPSA) is 27.1 Å². The highest BCUT2D eigenvalue weighted by Crippen LogP contribution is 2.33. The molecule has 1 N–H and O–H groups in total. The molecule has 1 unspecified atom stereocenters. The van der Waals surface area contributed by atoms with Crippen molar-refractivity contribution in [1.29, 1.82) is 5.41 Å². The van der Waals surface area contributed by atoms with Crippen molar-refractivity contribution in [2.45, 2.75) is 32.6 Å². The molecule has 1 atom stereocenters. The monoisotopic (exact) mass is 166 g/mol. The molecule has 2 aliphatic rings. The van der Waals surface area contributed by atoms with Gasteiger partial charge in [0.1, 0.15) is 0 Å². The molecule has 0 amide bonds. The van der Waals surface area contributed by atoms with Gasteiger partial charge in [-0.15, -0.1) is 0 Å². The lowest BCUT2D eigenvalue weighted by Crippen LogP contribution is -2.29. The molecule has 12 heavy (non-hydrogen) atoms. The summed E-state index contributed by atoms with van der Waals surface area (Å²) in [7, 11) is 0. The largest absolute Gasteiger partial charge is 0.360 e. The average Bonchev–Trinajstić information content (AvgIpc) is 2.82. The molecular weight excluding hydrogens is 148 g/mol. The Labute approximate surface area is 74.5 Å². The Balaban J connectivity index is 1.85. The molecule has 0 spiro atoms. The van der Waals surface area contributed by atoms with Gasteiger partial charge in [-0.05, 0) is 25.2 Å². The molecule has 1 aliphatic heterocycles. The van der Waals surface area contributed by atoms with Crippen molar-refractivity contribution in [2.24, 2.45) is 11.8 Å². The minimum Gasteiger partial charge on any atom is -0.360 e. The second kappa shape index (κ2) is 3.08. The number of nitrogens with one attached hydrogen (secondary N) is 1. The second-order valence-corrected chi connectivity index (χ2v) is 4.17. The zero-order chi connectivity index (χ0) is 8.55. The van der Waals surface area contributed by atoms with E-state index in [4.69, 9.17) is 5.41 Å². The Bertz CT molecular complexity index is 184. The Hall–Kier alpha value is -0.530. The summed E-state index contributed by atoms with van der Waals surface area (Å²) in [5.74, 6) is 2.44. The quantitative estimate of drug-likeness (QED) is 0.493. The van der Waals surface area contributed by atoms with Gasteiger partial charge in [0, 0.05) is 19.0 Å². The van der Waals surface area contributed by atoms with E-state index in [1.807, 2.05) is 0 Å². The summed E-state index contributed by atoms with van der Waals surface area (Å²) < 4.78 is 0. The van der Waals surface area contributed by atoms with Gasteiger partial charge >= 0.3 is 0 Å². The van der Waals surface area contributed by atoms with Crippen LogP contribution in [0.1, 0.15) is 32.6 Å². The van der Waals surface area contributed by atoms with Gasteiger partial charge in [-0.1, -0.05) is 13.3 Å². The Morgan fingerprint density at radius 3 is 2.67 bits per heavy atom. The molecule has 0 radical (unpaired) electrons. The van der Waals surface area contributed by atoms with Crippen LogP contribution in [-0.2, 0) is 0 Å². The van der Waals surface area contributed by atoms with Crippen LogP contribution in [0, 0.1) is 17.2 Å². The third-order valence-electron chi connectivity index (χ3n) is 3.17. The van der Waals surface area contributed by atoms with Gasteiger partial charge in [0.2, 0.25) is 0 Å². The molecule has 0 aromatic rings. The maximum Gasteiger partial charge on any atom is 0.0989 e. The van der Waals surface area contributed by atoms with Crippen molar-refractivity contribution in [3.05, 3.63) is 0 Å². The van der Waals surface area contributed by atoms with E-state index in [1.165, 1.54) is 25.7 Å². The van der Waals surface area contributed by atoms with Crippen LogP contribution in [-0.4, -0.2) is 23.8 Å². The molecule has 1 saturated heterocycles. The van der Waals surface area contributed by atoms with E-state index < -0.39 is 0 Å². The van der Waals surface area contributed by atoms with Crippen molar-refractivity contribution >= 4 is 5.84 Å². The van der Waals surface area contributed by atoms with Crippen molar-refractivity contribution in [1.82, 2.24) is 4.90 Å². The predicted molar refractivity (Wildman–Crippen MR) is 50.4 cm³/mol. The lowest BCUT2D eigenvalue weighted by atomic mass is 10.1. The molecule has 1 aliphatic carbocycles. The zero-order valence-corrected chi connectivity index (χ0v) is 7.84. The molecule has 1 heterocycles. The van der Waals surface area contributed by atoms with Crippen molar-refractivity contribution in [2.75, 3.05) is 13.1 Å². The summed E-state index contributed by atoms with van der Waals surface area (Å²) in [4.78, 5) is 2.30. The first-order valence-corrected chi connectivity index (χ1v) is 5.14. The summed E-state index contributed by atoms with van der Waals surface area (Å²) in [6.07, 6.45) is 5.14. The predicted octanol–water partition coefficient (Wildman–Crippen LogP) is 2.11. The molecule has 0 aromatic carbocycles. The van der Waals surface area contributed by atoms with E-state index in [1.54, 1.807) is 0 Å². The van der Waals surface area contributed by atoms with Crippen LogP contribution >= 0.6 is 0 Å². The standard InChI is InChI=1S/C10H18N2/c1-2-8-5-6-12(7-8)10(11)9-3-4-9/h8-9,11H,2-7H2,1H3. The minimum absolute atomic E-state index is 0.639. The molecule has 0 aromatic heterocycles. The van der Waals surface area contributed by atoms with Gasteiger partial charge < -0.3 is 4.90 Å². The number of hydrogen-bond acceptors (Lipinski definition) is 1. The van der Waals surface area contributed by atoms with Crippen LogP contribution in [0.3, 0.4) is 0 Å². The van der Waals surface area contributed by atoms with E-state index in [0.717, 1.165) is 24.8 Å². The van der Waals surface area contributed by atoms with Crippen LogP contribution in [0.15, 0.2) is 0 Å². The van der Waals surface area contributed by atoms with E-state index in [2.05, 4.69) is 11.8 Å². The maximum atomic E-state index is 7.89. The van der Waals surface area contributed by atoms with E-state index in [-0.39, 0.29) is 0 Å². The summed E-state index contributed by atoms with van der Waals surface area (Å²) in [5.41, 5.74) is 0. The van der Waals surface area contributed by atoms with Crippen molar-refractivity contribution in [3.8, 4) is 0 Å². The second-order valence-electron chi connectivity index (χ2n) is 4.17. The number of likely N-dealkylation sites (tertiary alicyclic amines) is 1. The van der Waals surface area contributed by atoms with Crippen LogP contribution < -0.4 is 0 Å². The minimum atomic E-state index is 0.639. The maximum absolute atomic E-state index is 7.89. The Kier molecular flexibility index (Phi) is 2.07. The highest BCUT2D eigenvalue weighted by molar-refractivity contribution is 5.83. The fraction of sp³-hybridized carbons (Fsp3) is 0.900.